The molecule has 1 saturated heterocycles. The summed E-state index contributed by atoms with van der Waals surface area (Å²) in [5.74, 6) is 1.72. The average molecular weight is 424 g/mol. The van der Waals surface area contributed by atoms with Crippen LogP contribution in [0.2, 0.25) is 0 Å². The Balaban J connectivity index is 1.29. The molecule has 2 aromatic rings. The smallest absolute Gasteiger partial charge is 0.253 e. The third-order valence-electron chi connectivity index (χ3n) is 5.86. The number of rotatable bonds is 7. The van der Waals surface area contributed by atoms with Gasteiger partial charge in [-0.05, 0) is 54.8 Å². The first-order valence-electron chi connectivity index (χ1n) is 10.7. The SMILES string of the molecule is COc1ccc(CN2CCN(C(=O)c3ccc(NC(=O)C4CC4)cc3)CC2)cc1OC. The molecule has 1 heterocycles. The highest BCUT2D eigenvalue weighted by Crippen LogP contribution is 2.30. The summed E-state index contributed by atoms with van der Waals surface area (Å²) in [7, 11) is 3.27. The quantitative estimate of drug-likeness (QED) is 0.741. The number of nitrogens with one attached hydrogen (secondary N) is 1. The number of hydrogen-bond acceptors (Lipinski definition) is 5. The molecule has 0 unspecified atom stereocenters. The lowest BCUT2D eigenvalue weighted by atomic mass is 10.1. The molecule has 2 amide bonds. The van der Waals surface area contributed by atoms with E-state index < -0.39 is 0 Å². The molecule has 1 saturated carbocycles. The highest BCUT2D eigenvalue weighted by Gasteiger charge is 2.29. The van der Waals surface area contributed by atoms with E-state index in [-0.39, 0.29) is 17.7 Å². The highest BCUT2D eigenvalue weighted by atomic mass is 16.5. The van der Waals surface area contributed by atoms with Gasteiger partial charge in [0.25, 0.3) is 5.91 Å². The molecular weight excluding hydrogens is 394 g/mol. The molecule has 0 spiro atoms. The molecule has 0 atom stereocenters. The summed E-state index contributed by atoms with van der Waals surface area (Å²) < 4.78 is 10.7. The lowest BCUT2D eigenvalue weighted by Crippen LogP contribution is -2.48. The van der Waals surface area contributed by atoms with Gasteiger partial charge in [-0.15, -0.1) is 0 Å². The van der Waals surface area contributed by atoms with Crippen LogP contribution >= 0.6 is 0 Å². The molecule has 7 nitrogen and oxygen atoms in total. The summed E-state index contributed by atoms with van der Waals surface area (Å²) in [6.07, 6.45) is 1.95. The first kappa shape index (κ1) is 21.2. The van der Waals surface area contributed by atoms with E-state index in [4.69, 9.17) is 9.47 Å². The Morgan fingerprint density at radius 2 is 1.61 bits per heavy atom. The van der Waals surface area contributed by atoms with Crippen LogP contribution in [0.25, 0.3) is 0 Å². The van der Waals surface area contributed by atoms with Gasteiger partial charge in [-0.3, -0.25) is 14.5 Å². The molecule has 7 heteroatoms. The van der Waals surface area contributed by atoms with Crippen molar-refractivity contribution in [2.24, 2.45) is 5.92 Å². The fourth-order valence-corrected chi connectivity index (χ4v) is 3.81. The minimum Gasteiger partial charge on any atom is -0.493 e. The second-order valence-electron chi connectivity index (χ2n) is 8.10. The Hall–Kier alpha value is -3.06. The van der Waals surface area contributed by atoms with E-state index >= 15 is 0 Å². The topological polar surface area (TPSA) is 71.1 Å². The zero-order valence-corrected chi connectivity index (χ0v) is 18.1. The van der Waals surface area contributed by atoms with Gasteiger partial charge in [0.1, 0.15) is 0 Å². The van der Waals surface area contributed by atoms with Gasteiger partial charge >= 0.3 is 0 Å². The lowest BCUT2D eigenvalue weighted by Gasteiger charge is -2.35. The van der Waals surface area contributed by atoms with Crippen LogP contribution in [0, 0.1) is 5.92 Å². The number of anilines is 1. The summed E-state index contributed by atoms with van der Waals surface area (Å²) >= 11 is 0. The van der Waals surface area contributed by atoms with E-state index in [0.29, 0.717) is 18.7 Å². The molecule has 1 aliphatic carbocycles. The van der Waals surface area contributed by atoms with Crippen molar-refractivity contribution in [3.63, 3.8) is 0 Å². The fourth-order valence-electron chi connectivity index (χ4n) is 3.81. The molecule has 1 N–H and O–H groups in total. The predicted molar refractivity (Wildman–Crippen MR) is 119 cm³/mol. The normalized spacial score (nSPS) is 16.6. The summed E-state index contributed by atoms with van der Waals surface area (Å²) in [4.78, 5) is 29.0. The predicted octanol–water partition coefficient (Wildman–Crippen LogP) is 3.01. The Labute approximate surface area is 182 Å². The molecule has 0 radical (unpaired) electrons. The van der Waals surface area contributed by atoms with Gasteiger partial charge in [0.05, 0.1) is 14.2 Å². The number of benzene rings is 2. The first-order chi connectivity index (χ1) is 15.1. The minimum atomic E-state index is 0.0332. The lowest BCUT2D eigenvalue weighted by molar-refractivity contribution is -0.117. The number of ether oxygens (including phenoxy) is 2. The minimum absolute atomic E-state index is 0.0332. The molecule has 31 heavy (non-hydrogen) atoms. The second-order valence-corrected chi connectivity index (χ2v) is 8.10. The zero-order chi connectivity index (χ0) is 21.8. The Bertz CT molecular complexity index is 932. The summed E-state index contributed by atoms with van der Waals surface area (Å²) in [5.41, 5.74) is 2.55. The fraction of sp³-hybridized carbons (Fsp3) is 0.417. The third-order valence-corrected chi connectivity index (χ3v) is 5.86. The van der Waals surface area contributed by atoms with E-state index in [1.165, 1.54) is 0 Å². The van der Waals surface area contributed by atoms with Gasteiger partial charge in [-0.1, -0.05) is 6.07 Å². The maximum absolute atomic E-state index is 12.9. The van der Waals surface area contributed by atoms with Crippen LogP contribution in [0.4, 0.5) is 5.69 Å². The maximum Gasteiger partial charge on any atom is 0.253 e. The summed E-state index contributed by atoms with van der Waals surface area (Å²) in [6.45, 7) is 3.81. The molecule has 2 fully saturated rings. The molecule has 2 aromatic carbocycles. The summed E-state index contributed by atoms with van der Waals surface area (Å²) in [5, 5.41) is 2.91. The van der Waals surface area contributed by atoms with Crippen LogP contribution in [0.15, 0.2) is 42.5 Å². The van der Waals surface area contributed by atoms with Crippen LogP contribution < -0.4 is 14.8 Å². The number of nitrogens with zero attached hydrogens (tertiary/aromatic N) is 2. The molecule has 0 bridgehead atoms. The number of methoxy groups -OCH3 is 2. The standard InChI is InChI=1S/C24H29N3O4/c1-30-21-10-3-17(15-22(21)31-2)16-26-11-13-27(14-12-26)24(29)19-6-8-20(9-7-19)25-23(28)18-4-5-18/h3,6-10,15,18H,4-5,11-14,16H2,1-2H3,(H,25,28). The van der Waals surface area contributed by atoms with Crippen molar-refractivity contribution in [2.45, 2.75) is 19.4 Å². The van der Waals surface area contributed by atoms with Gasteiger partial charge < -0.3 is 19.7 Å². The zero-order valence-electron chi connectivity index (χ0n) is 18.1. The molecule has 0 aromatic heterocycles. The van der Waals surface area contributed by atoms with E-state index in [9.17, 15) is 9.59 Å². The highest BCUT2D eigenvalue weighted by molar-refractivity contribution is 5.96. The number of piperazine rings is 1. The number of carbonyl (C=O) groups is 2. The Kier molecular flexibility index (Phi) is 6.42. The maximum atomic E-state index is 12.9. The van der Waals surface area contributed by atoms with E-state index in [1.54, 1.807) is 38.5 Å². The molecule has 164 valence electrons. The number of carbonyl (C=O) groups excluding carboxylic acids is 2. The summed E-state index contributed by atoms with van der Waals surface area (Å²) in [6, 6.07) is 13.2. The third kappa shape index (κ3) is 5.17. The largest absolute Gasteiger partial charge is 0.493 e. The average Bonchev–Trinajstić information content (AvgIpc) is 3.65. The Morgan fingerprint density at radius 3 is 2.23 bits per heavy atom. The van der Waals surface area contributed by atoms with E-state index in [2.05, 4.69) is 10.2 Å². The van der Waals surface area contributed by atoms with Crippen molar-refractivity contribution in [1.82, 2.24) is 9.80 Å². The second kappa shape index (κ2) is 9.39. The van der Waals surface area contributed by atoms with Crippen molar-refractivity contribution in [3.05, 3.63) is 53.6 Å². The number of amides is 2. The van der Waals surface area contributed by atoms with Gasteiger partial charge in [0, 0.05) is 49.9 Å². The number of hydrogen-bond donors (Lipinski definition) is 1. The van der Waals surface area contributed by atoms with Gasteiger partial charge in [0.2, 0.25) is 5.91 Å². The Morgan fingerprint density at radius 1 is 0.935 bits per heavy atom. The van der Waals surface area contributed by atoms with Crippen molar-refractivity contribution >= 4 is 17.5 Å². The van der Waals surface area contributed by atoms with Crippen molar-refractivity contribution in [1.29, 1.82) is 0 Å². The van der Waals surface area contributed by atoms with Gasteiger partial charge in [-0.2, -0.15) is 0 Å². The van der Waals surface area contributed by atoms with Crippen LogP contribution in [-0.2, 0) is 11.3 Å². The van der Waals surface area contributed by atoms with Crippen molar-refractivity contribution < 1.29 is 19.1 Å². The van der Waals surface area contributed by atoms with Gasteiger partial charge in [0.15, 0.2) is 11.5 Å². The van der Waals surface area contributed by atoms with Crippen molar-refractivity contribution in [3.8, 4) is 11.5 Å². The van der Waals surface area contributed by atoms with E-state index in [1.807, 2.05) is 23.1 Å². The van der Waals surface area contributed by atoms with Crippen molar-refractivity contribution in [2.75, 3.05) is 45.7 Å². The molecule has 2 aliphatic rings. The van der Waals surface area contributed by atoms with Crippen LogP contribution in [-0.4, -0.2) is 62.0 Å². The van der Waals surface area contributed by atoms with Crippen LogP contribution in [0.3, 0.4) is 0 Å². The van der Waals surface area contributed by atoms with E-state index in [0.717, 1.165) is 55.2 Å². The molecule has 1 aliphatic heterocycles. The van der Waals surface area contributed by atoms with Crippen LogP contribution in [0.1, 0.15) is 28.8 Å². The first-order valence-corrected chi connectivity index (χ1v) is 10.7. The monoisotopic (exact) mass is 423 g/mol. The molecular formula is C24H29N3O4. The molecule has 4 rings (SSSR count). The van der Waals surface area contributed by atoms with Gasteiger partial charge in [-0.25, -0.2) is 0 Å². The van der Waals surface area contributed by atoms with Crippen LogP contribution in [0.5, 0.6) is 11.5 Å².